The monoisotopic (exact) mass is 286 g/mol. The molecule has 3 nitrogen and oxygen atoms in total. The van der Waals surface area contributed by atoms with Crippen molar-refractivity contribution < 1.29 is 14.3 Å². The largest absolute Gasteiger partial charge is 0.494 e. The molecule has 2 aliphatic carbocycles. The van der Waals surface area contributed by atoms with Gasteiger partial charge in [0.2, 0.25) is 0 Å². The van der Waals surface area contributed by atoms with E-state index >= 15 is 0 Å². The Morgan fingerprint density at radius 3 is 2.57 bits per heavy atom. The van der Waals surface area contributed by atoms with E-state index in [-0.39, 0.29) is 11.9 Å². The summed E-state index contributed by atoms with van der Waals surface area (Å²) in [7, 11) is 0. The highest BCUT2D eigenvalue weighted by molar-refractivity contribution is 5.74. The number of carbonyl (C=O) groups excluding carboxylic acids is 1. The summed E-state index contributed by atoms with van der Waals surface area (Å²) in [4.78, 5) is 12.0. The number of carbonyl (C=O) groups is 1. The van der Waals surface area contributed by atoms with Gasteiger partial charge >= 0.3 is 5.97 Å². The molecular weight excluding hydrogens is 264 g/mol. The van der Waals surface area contributed by atoms with Gasteiger partial charge in [-0.1, -0.05) is 30.4 Å². The third-order valence-electron chi connectivity index (χ3n) is 4.38. The number of fused-ring (bicyclic) bond motifs is 2. The van der Waals surface area contributed by atoms with Crippen molar-refractivity contribution in [2.45, 2.75) is 25.7 Å². The number of esters is 1. The quantitative estimate of drug-likeness (QED) is 0.436. The van der Waals surface area contributed by atoms with E-state index in [9.17, 15) is 4.79 Å². The van der Waals surface area contributed by atoms with Gasteiger partial charge in [-0.25, -0.2) is 0 Å². The highest BCUT2D eigenvalue weighted by Gasteiger charge is 2.40. The Morgan fingerprint density at radius 1 is 1.05 bits per heavy atom. The molecule has 112 valence electrons. The Labute approximate surface area is 125 Å². The molecule has 0 amide bonds. The molecule has 3 unspecified atom stereocenters. The molecular formula is C18H22O3. The molecule has 1 aromatic rings. The molecule has 3 atom stereocenters. The van der Waals surface area contributed by atoms with Crippen LogP contribution in [0.25, 0.3) is 0 Å². The summed E-state index contributed by atoms with van der Waals surface area (Å²) < 4.78 is 11.0. The molecule has 0 heterocycles. The molecule has 1 saturated carbocycles. The van der Waals surface area contributed by atoms with Crippen molar-refractivity contribution in [2.75, 3.05) is 13.2 Å². The normalized spacial score (nSPS) is 26.0. The first-order valence-electron chi connectivity index (χ1n) is 7.86. The first-order valence-corrected chi connectivity index (χ1v) is 7.86. The van der Waals surface area contributed by atoms with Crippen molar-refractivity contribution in [3.05, 3.63) is 42.5 Å². The number of unbranched alkanes of at least 4 members (excludes halogenated alkanes) is 1. The van der Waals surface area contributed by atoms with Crippen molar-refractivity contribution in [3.8, 4) is 5.75 Å². The van der Waals surface area contributed by atoms with Crippen molar-refractivity contribution in [2.24, 2.45) is 17.8 Å². The number of hydrogen-bond acceptors (Lipinski definition) is 3. The van der Waals surface area contributed by atoms with Crippen molar-refractivity contribution in [1.29, 1.82) is 0 Å². The molecule has 21 heavy (non-hydrogen) atoms. The lowest BCUT2D eigenvalue weighted by atomic mass is 9.94. The fourth-order valence-electron chi connectivity index (χ4n) is 3.24. The third kappa shape index (κ3) is 3.66. The number of benzene rings is 1. The van der Waals surface area contributed by atoms with Crippen LogP contribution in [0.3, 0.4) is 0 Å². The van der Waals surface area contributed by atoms with E-state index in [1.807, 2.05) is 30.3 Å². The van der Waals surface area contributed by atoms with E-state index in [4.69, 9.17) is 9.47 Å². The van der Waals surface area contributed by atoms with Crippen molar-refractivity contribution in [3.63, 3.8) is 0 Å². The second-order valence-electron chi connectivity index (χ2n) is 5.92. The number of ether oxygens (including phenoxy) is 2. The molecule has 0 saturated heterocycles. The topological polar surface area (TPSA) is 35.5 Å². The minimum absolute atomic E-state index is 0.00386. The summed E-state index contributed by atoms with van der Waals surface area (Å²) in [6.45, 7) is 1.17. The van der Waals surface area contributed by atoms with Gasteiger partial charge in [0.15, 0.2) is 0 Å². The first-order chi connectivity index (χ1) is 10.3. The van der Waals surface area contributed by atoms with E-state index in [2.05, 4.69) is 12.2 Å². The predicted molar refractivity (Wildman–Crippen MR) is 81.0 cm³/mol. The number of para-hydroxylation sites is 1. The zero-order valence-corrected chi connectivity index (χ0v) is 12.2. The number of rotatable bonds is 7. The van der Waals surface area contributed by atoms with Crippen LogP contribution in [0, 0.1) is 17.8 Å². The second-order valence-corrected chi connectivity index (χ2v) is 5.92. The van der Waals surface area contributed by atoms with Crippen LogP contribution in [-0.4, -0.2) is 19.2 Å². The lowest BCUT2D eigenvalue weighted by Crippen LogP contribution is -2.22. The Kier molecular flexibility index (Phi) is 4.59. The van der Waals surface area contributed by atoms with Gasteiger partial charge in [0.1, 0.15) is 5.75 Å². The van der Waals surface area contributed by atoms with Crippen LogP contribution >= 0.6 is 0 Å². The molecule has 0 radical (unpaired) electrons. The van der Waals surface area contributed by atoms with Gasteiger partial charge in [-0.3, -0.25) is 4.79 Å². The van der Waals surface area contributed by atoms with Crippen LogP contribution in [0.4, 0.5) is 0 Å². The van der Waals surface area contributed by atoms with Crippen molar-refractivity contribution in [1.82, 2.24) is 0 Å². The van der Waals surface area contributed by atoms with Crippen LogP contribution < -0.4 is 4.74 Å². The summed E-state index contributed by atoms with van der Waals surface area (Å²) in [6.07, 6.45) is 8.32. The molecule has 1 fully saturated rings. The fourth-order valence-corrected chi connectivity index (χ4v) is 3.24. The van der Waals surface area contributed by atoms with Gasteiger partial charge in [-0.2, -0.15) is 0 Å². The average Bonchev–Trinajstić information content (AvgIpc) is 3.14. The Bertz CT molecular complexity index is 494. The first kappa shape index (κ1) is 14.2. The molecule has 1 aromatic carbocycles. The maximum Gasteiger partial charge on any atom is 0.309 e. The van der Waals surface area contributed by atoms with Crippen LogP contribution in [0.1, 0.15) is 25.7 Å². The molecule has 0 N–H and O–H groups in total. The molecule has 2 bridgehead atoms. The Balaban J connectivity index is 1.27. The Morgan fingerprint density at radius 2 is 1.86 bits per heavy atom. The fraction of sp³-hybridized carbons (Fsp3) is 0.500. The molecule has 2 aliphatic rings. The van der Waals surface area contributed by atoms with Gasteiger partial charge in [0.05, 0.1) is 19.1 Å². The maximum atomic E-state index is 12.0. The number of hydrogen-bond donors (Lipinski definition) is 0. The van der Waals surface area contributed by atoms with Crippen LogP contribution in [0.2, 0.25) is 0 Å². The second kappa shape index (κ2) is 6.79. The summed E-state index contributed by atoms with van der Waals surface area (Å²) in [5.74, 6) is 2.05. The summed E-state index contributed by atoms with van der Waals surface area (Å²) in [6, 6.07) is 9.78. The maximum absolute atomic E-state index is 12.0. The van der Waals surface area contributed by atoms with Gasteiger partial charge in [0.25, 0.3) is 0 Å². The summed E-state index contributed by atoms with van der Waals surface area (Å²) in [5.41, 5.74) is 0. The molecule has 0 spiro atoms. The number of allylic oxidation sites excluding steroid dienone is 2. The van der Waals surface area contributed by atoms with Crippen LogP contribution in [0.5, 0.6) is 5.75 Å². The van der Waals surface area contributed by atoms with Gasteiger partial charge < -0.3 is 9.47 Å². The summed E-state index contributed by atoms with van der Waals surface area (Å²) in [5, 5.41) is 0. The Hall–Kier alpha value is -1.77. The standard InChI is InChI=1S/C18H22O3/c19-18(17-13-14-8-9-15(17)12-14)21-11-5-4-10-20-16-6-2-1-3-7-16/h1-3,6-9,14-15,17H,4-5,10-13H2. The van der Waals surface area contributed by atoms with Gasteiger partial charge in [0, 0.05) is 0 Å². The SMILES string of the molecule is O=C(OCCCCOc1ccccc1)C1CC2C=CC1C2. The minimum Gasteiger partial charge on any atom is -0.494 e. The molecule has 0 aromatic heterocycles. The molecule has 0 aliphatic heterocycles. The van der Waals surface area contributed by atoms with Crippen LogP contribution in [-0.2, 0) is 9.53 Å². The van der Waals surface area contributed by atoms with E-state index < -0.39 is 0 Å². The van der Waals surface area contributed by atoms with Crippen molar-refractivity contribution >= 4 is 5.97 Å². The van der Waals surface area contributed by atoms with Gasteiger partial charge in [-0.15, -0.1) is 0 Å². The van der Waals surface area contributed by atoms with E-state index in [1.165, 1.54) is 0 Å². The zero-order chi connectivity index (χ0) is 14.5. The highest BCUT2D eigenvalue weighted by Crippen LogP contribution is 2.43. The van der Waals surface area contributed by atoms with E-state index in [1.54, 1.807) is 0 Å². The zero-order valence-electron chi connectivity index (χ0n) is 12.2. The van der Waals surface area contributed by atoms with E-state index in [0.717, 1.165) is 31.4 Å². The molecule has 3 rings (SSSR count). The van der Waals surface area contributed by atoms with Crippen LogP contribution in [0.15, 0.2) is 42.5 Å². The minimum atomic E-state index is -0.00386. The summed E-state index contributed by atoms with van der Waals surface area (Å²) >= 11 is 0. The highest BCUT2D eigenvalue weighted by atomic mass is 16.5. The average molecular weight is 286 g/mol. The van der Waals surface area contributed by atoms with E-state index in [0.29, 0.717) is 25.0 Å². The smallest absolute Gasteiger partial charge is 0.309 e. The lowest BCUT2D eigenvalue weighted by Gasteiger charge is -2.16. The third-order valence-corrected chi connectivity index (χ3v) is 4.38. The predicted octanol–water partition coefficient (Wildman–Crippen LogP) is 3.60. The van der Waals surface area contributed by atoms with Gasteiger partial charge in [-0.05, 0) is 49.7 Å². The lowest BCUT2D eigenvalue weighted by molar-refractivity contribution is -0.149. The molecule has 3 heteroatoms.